The summed E-state index contributed by atoms with van der Waals surface area (Å²) in [4.78, 5) is 16.5. The molecule has 1 aliphatic heterocycles. The molecular weight excluding hydrogens is 234 g/mol. The number of nitrogens with one attached hydrogen (secondary N) is 1. The first-order chi connectivity index (χ1) is 8.15. The summed E-state index contributed by atoms with van der Waals surface area (Å²) in [7, 11) is 4.09. The number of nitrogens with zero attached hydrogens (tertiary/aromatic N) is 2. The topological polar surface area (TPSA) is 35.6 Å². The fourth-order valence-corrected chi connectivity index (χ4v) is 2.79. The van der Waals surface area contributed by atoms with Crippen molar-refractivity contribution in [3.05, 3.63) is 0 Å². The third-order valence-corrected chi connectivity index (χ3v) is 3.90. The monoisotopic (exact) mass is 259 g/mol. The van der Waals surface area contributed by atoms with Gasteiger partial charge in [-0.2, -0.15) is 11.8 Å². The molecule has 1 saturated heterocycles. The molecule has 1 atom stereocenters. The third-order valence-electron chi connectivity index (χ3n) is 2.84. The van der Waals surface area contributed by atoms with Crippen molar-refractivity contribution in [2.24, 2.45) is 0 Å². The maximum Gasteiger partial charge on any atom is 0.240 e. The van der Waals surface area contributed by atoms with Crippen molar-refractivity contribution in [2.75, 3.05) is 51.8 Å². The van der Waals surface area contributed by atoms with Gasteiger partial charge in [0.15, 0.2) is 0 Å². The van der Waals surface area contributed by atoms with Crippen molar-refractivity contribution in [2.45, 2.75) is 19.4 Å². The number of carbonyl (C=O) groups excluding carboxylic acids is 1. The van der Waals surface area contributed by atoms with E-state index in [4.69, 9.17) is 0 Å². The minimum Gasteiger partial charge on any atom is -0.340 e. The number of hydrogen-bond donors (Lipinski definition) is 1. The minimum atomic E-state index is 0.0301. The SMILES string of the molecule is CCCN(CCN(C)C)C(=O)C1CSCCN1. The molecule has 1 amide bonds. The average Bonchev–Trinajstić information content (AvgIpc) is 2.34. The summed E-state index contributed by atoms with van der Waals surface area (Å²) in [6.07, 6.45) is 1.03. The molecule has 0 aromatic carbocycles. The standard InChI is InChI=1S/C12H25N3OS/c1-4-6-15(8-7-14(2)3)12(16)11-10-17-9-5-13-11/h11,13H,4-10H2,1-3H3. The van der Waals surface area contributed by atoms with E-state index in [2.05, 4.69) is 17.1 Å². The van der Waals surface area contributed by atoms with E-state index >= 15 is 0 Å². The van der Waals surface area contributed by atoms with Crippen LogP contribution in [0.2, 0.25) is 0 Å². The summed E-state index contributed by atoms with van der Waals surface area (Å²) < 4.78 is 0. The van der Waals surface area contributed by atoms with E-state index in [1.807, 2.05) is 30.8 Å². The van der Waals surface area contributed by atoms with Crippen LogP contribution in [-0.4, -0.2) is 73.5 Å². The highest BCUT2D eigenvalue weighted by atomic mass is 32.2. The van der Waals surface area contributed by atoms with Gasteiger partial charge < -0.3 is 15.1 Å². The van der Waals surface area contributed by atoms with Gasteiger partial charge in [0.2, 0.25) is 5.91 Å². The number of thioether (sulfide) groups is 1. The Kier molecular flexibility index (Phi) is 6.92. The fourth-order valence-electron chi connectivity index (χ4n) is 1.87. The molecule has 17 heavy (non-hydrogen) atoms. The van der Waals surface area contributed by atoms with Gasteiger partial charge in [-0.1, -0.05) is 6.92 Å². The number of hydrogen-bond acceptors (Lipinski definition) is 4. The molecule has 1 heterocycles. The highest BCUT2D eigenvalue weighted by Gasteiger charge is 2.25. The summed E-state index contributed by atoms with van der Waals surface area (Å²) in [6.45, 7) is 5.72. The average molecular weight is 259 g/mol. The highest BCUT2D eigenvalue weighted by molar-refractivity contribution is 7.99. The molecular formula is C12H25N3OS. The lowest BCUT2D eigenvalue weighted by Gasteiger charge is -2.30. The van der Waals surface area contributed by atoms with E-state index in [0.717, 1.165) is 44.1 Å². The van der Waals surface area contributed by atoms with Gasteiger partial charge in [0.25, 0.3) is 0 Å². The number of likely N-dealkylation sites (N-methyl/N-ethyl adjacent to an activating group) is 1. The zero-order chi connectivity index (χ0) is 12.7. The Bertz CT molecular complexity index is 230. The van der Waals surface area contributed by atoms with Gasteiger partial charge >= 0.3 is 0 Å². The van der Waals surface area contributed by atoms with Gasteiger partial charge in [-0.15, -0.1) is 0 Å². The molecule has 5 heteroatoms. The molecule has 0 saturated carbocycles. The molecule has 1 N–H and O–H groups in total. The number of amides is 1. The predicted octanol–water partition coefficient (Wildman–Crippen LogP) is 0.492. The molecule has 4 nitrogen and oxygen atoms in total. The Hall–Kier alpha value is -0.260. The van der Waals surface area contributed by atoms with Crippen molar-refractivity contribution in [3.8, 4) is 0 Å². The van der Waals surface area contributed by atoms with Crippen LogP contribution in [0.15, 0.2) is 0 Å². The van der Waals surface area contributed by atoms with Crippen LogP contribution in [0.4, 0.5) is 0 Å². The van der Waals surface area contributed by atoms with Crippen molar-refractivity contribution in [1.82, 2.24) is 15.1 Å². The van der Waals surface area contributed by atoms with E-state index in [9.17, 15) is 4.79 Å². The van der Waals surface area contributed by atoms with Gasteiger partial charge in [-0.05, 0) is 20.5 Å². The molecule has 0 spiro atoms. The Morgan fingerprint density at radius 2 is 2.12 bits per heavy atom. The summed E-state index contributed by atoms with van der Waals surface area (Å²) in [6, 6.07) is 0.0301. The van der Waals surface area contributed by atoms with Gasteiger partial charge in [0.1, 0.15) is 0 Å². The quantitative estimate of drug-likeness (QED) is 0.753. The zero-order valence-corrected chi connectivity index (χ0v) is 12.1. The smallest absolute Gasteiger partial charge is 0.240 e. The van der Waals surface area contributed by atoms with Gasteiger partial charge in [0, 0.05) is 37.7 Å². The molecule has 0 aromatic rings. The first-order valence-electron chi connectivity index (χ1n) is 6.39. The third kappa shape index (κ3) is 5.27. The maximum absolute atomic E-state index is 12.3. The van der Waals surface area contributed by atoms with Crippen LogP contribution < -0.4 is 5.32 Å². The summed E-state index contributed by atoms with van der Waals surface area (Å²) in [5.74, 6) is 2.32. The molecule has 0 radical (unpaired) electrons. The van der Waals surface area contributed by atoms with Gasteiger partial charge in [0.05, 0.1) is 6.04 Å². The van der Waals surface area contributed by atoms with Crippen molar-refractivity contribution in [1.29, 1.82) is 0 Å². The van der Waals surface area contributed by atoms with E-state index in [1.54, 1.807) is 0 Å². The lowest BCUT2D eigenvalue weighted by molar-refractivity contribution is -0.133. The molecule has 1 fully saturated rings. The van der Waals surface area contributed by atoms with Crippen molar-refractivity contribution < 1.29 is 4.79 Å². The lowest BCUT2D eigenvalue weighted by Crippen LogP contribution is -2.51. The van der Waals surface area contributed by atoms with E-state index in [1.165, 1.54) is 0 Å². The lowest BCUT2D eigenvalue weighted by atomic mass is 10.2. The Morgan fingerprint density at radius 3 is 2.65 bits per heavy atom. The van der Waals surface area contributed by atoms with E-state index < -0.39 is 0 Å². The fraction of sp³-hybridized carbons (Fsp3) is 0.917. The van der Waals surface area contributed by atoms with Crippen LogP contribution in [0, 0.1) is 0 Å². The number of carbonyl (C=O) groups is 1. The van der Waals surface area contributed by atoms with Gasteiger partial charge in [-0.25, -0.2) is 0 Å². The van der Waals surface area contributed by atoms with Crippen molar-refractivity contribution >= 4 is 17.7 Å². The Labute approximate surface area is 109 Å². The summed E-state index contributed by atoms with van der Waals surface area (Å²) in [5.41, 5.74) is 0. The molecule has 1 unspecified atom stereocenters. The minimum absolute atomic E-state index is 0.0301. The summed E-state index contributed by atoms with van der Waals surface area (Å²) in [5, 5.41) is 3.32. The van der Waals surface area contributed by atoms with Crippen LogP contribution in [-0.2, 0) is 4.79 Å². The molecule has 1 rings (SSSR count). The van der Waals surface area contributed by atoms with E-state index in [-0.39, 0.29) is 11.9 Å². The van der Waals surface area contributed by atoms with Crippen LogP contribution in [0.5, 0.6) is 0 Å². The Morgan fingerprint density at radius 1 is 1.35 bits per heavy atom. The van der Waals surface area contributed by atoms with Gasteiger partial charge in [-0.3, -0.25) is 4.79 Å². The van der Waals surface area contributed by atoms with Crippen LogP contribution >= 0.6 is 11.8 Å². The first kappa shape index (κ1) is 14.8. The van der Waals surface area contributed by atoms with Crippen LogP contribution in [0.3, 0.4) is 0 Å². The normalized spacial score (nSPS) is 20.6. The predicted molar refractivity (Wildman–Crippen MR) is 74.5 cm³/mol. The second-order valence-electron chi connectivity index (χ2n) is 4.71. The number of rotatable bonds is 6. The van der Waals surface area contributed by atoms with Crippen LogP contribution in [0.25, 0.3) is 0 Å². The van der Waals surface area contributed by atoms with Crippen LogP contribution in [0.1, 0.15) is 13.3 Å². The highest BCUT2D eigenvalue weighted by Crippen LogP contribution is 2.10. The second-order valence-corrected chi connectivity index (χ2v) is 5.86. The molecule has 0 aliphatic carbocycles. The zero-order valence-electron chi connectivity index (χ0n) is 11.2. The largest absolute Gasteiger partial charge is 0.340 e. The molecule has 100 valence electrons. The Balaban J connectivity index is 2.46. The molecule has 1 aliphatic rings. The summed E-state index contributed by atoms with van der Waals surface area (Å²) >= 11 is 1.87. The van der Waals surface area contributed by atoms with E-state index in [0.29, 0.717) is 0 Å². The molecule has 0 bridgehead atoms. The first-order valence-corrected chi connectivity index (χ1v) is 7.55. The molecule has 0 aromatic heterocycles. The maximum atomic E-state index is 12.3. The van der Waals surface area contributed by atoms with Crippen molar-refractivity contribution in [3.63, 3.8) is 0 Å². The second kappa shape index (κ2) is 7.95.